The lowest BCUT2D eigenvalue weighted by atomic mass is 10.0. The van der Waals surface area contributed by atoms with Crippen LogP contribution in [-0.4, -0.2) is 44.4 Å². The van der Waals surface area contributed by atoms with Crippen LogP contribution in [0.4, 0.5) is 0 Å². The summed E-state index contributed by atoms with van der Waals surface area (Å²) in [6, 6.07) is 0. The second-order valence-electron chi connectivity index (χ2n) is 4.92. The molecule has 3 nitrogen and oxygen atoms in total. The molecule has 0 atom stereocenters. The minimum absolute atomic E-state index is 0.834. The van der Waals surface area contributed by atoms with Gasteiger partial charge in [0.05, 0.1) is 19.8 Å². The smallest absolute Gasteiger partial charge is 0.118 e. The van der Waals surface area contributed by atoms with Crippen molar-refractivity contribution >= 4 is 0 Å². The van der Waals surface area contributed by atoms with Crippen LogP contribution in [0.5, 0.6) is 0 Å². The zero-order chi connectivity index (χ0) is 12.6. The molecular formula is C15H25NO2. The van der Waals surface area contributed by atoms with Crippen LogP contribution in [0.3, 0.4) is 0 Å². The van der Waals surface area contributed by atoms with Gasteiger partial charge in [0.15, 0.2) is 0 Å². The average molecular weight is 251 g/mol. The third-order valence-electron chi connectivity index (χ3n) is 3.64. The Morgan fingerprint density at radius 3 is 2.94 bits per heavy atom. The molecule has 0 aromatic heterocycles. The highest BCUT2D eigenvalue weighted by molar-refractivity contribution is 5.24. The lowest BCUT2D eigenvalue weighted by molar-refractivity contribution is 0.0345. The molecule has 0 N–H and O–H groups in total. The SMILES string of the molecule is CCC1=C(OCCCN2CCOCC2)C=CCC1. The number of ether oxygens (including phenoxy) is 2. The Kier molecular flexibility index (Phi) is 5.75. The first-order chi connectivity index (χ1) is 8.90. The molecule has 1 saturated heterocycles. The summed E-state index contributed by atoms with van der Waals surface area (Å²) in [4.78, 5) is 2.46. The zero-order valence-corrected chi connectivity index (χ0v) is 11.5. The van der Waals surface area contributed by atoms with Crippen molar-refractivity contribution in [2.24, 2.45) is 0 Å². The highest BCUT2D eigenvalue weighted by atomic mass is 16.5. The summed E-state index contributed by atoms with van der Waals surface area (Å²) >= 11 is 0. The van der Waals surface area contributed by atoms with E-state index in [0.29, 0.717) is 0 Å². The first-order valence-electron chi connectivity index (χ1n) is 7.21. The normalized spacial score (nSPS) is 21.4. The fourth-order valence-electron chi connectivity index (χ4n) is 2.49. The highest BCUT2D eigenvalue weighted by Crippen LogP contribution is 2.22. The van der Waals surface area contributed by atoms with Crippen LogP contribution in [0.1, 0.15) is 32.6 Å². The predicted molar refractivity (Wildman–Crippen MR) is 73.5 cm³/mol. The standard InChI is InChI=1S/C15H25NO2/c1-2-14-6-3-4-7-15(14)18-11-5-8-16-9-12-17-13-10-16/h4,7H,2-3,5-6,8-13H2,1H3. The summed E-state index contributed by atoms with van der Waals surface area (Å²) in [7, 11) is 0. The van der Waals surface area contributed by atoms with Gasteiger partial charge in [-0.15, -0.1) is 0 Å². The van der Waals surface area contributed by atoms with E-state index in [4.69, 9.17) is 9.47 Å². The topological polar surface area (TPSA) is 21.7 Å². The van der Waals surface area contributed by atoms with Gasteiger partial charge in [-0.25, -0.2) is 0 Å². The number of nitrogens with zero attached hydrogens (tertiary/aromatic N) is 1. The summed E-state index contributed by atoms with van der Waals surface area (Å²) in [5.41, 5.74) is 1.48. The fourth-order valence-corrected chi connectivity index (χ4v) is 2.49. The fraction of sp³-hybridized carbons (Fsp3) is 0.733. The van der Waals surface area contributed by atoms with E-state index in [1.807, 2.05) is 0 Å². The van der Waals surface area contributed by atoms with Crippen LogP contribution >= 0.6 is 0 Å². The van der Waals surface area contributed by atoms with Crippen molar-refractivity contribution in [2.45, 2.75) is 32.6 Å². The summed E-state index contributed by atoms with van der Waals surface area (Å²) in [6.45, 7) is 8.09. The van der Waals surface area contributed by atoms with Crippen LogP contribution in [-0.2, 0) is 9.47 Å². The molecule has 0 amide bonds. The molecule has 2 aliphatic rings. The molecule has 0 aromatic carbocycles. The first-order valence-corrected chi connectivity index (χ1v) is 7.21. The molecule has 1 aliphatic carbocycles. The van der Waals surface area contributed by atoms with Gasteiger partial charge >= 0.3 is 0 Å². The van der Waals surface area contributed by atoms with Crippen LogP contribution < -0.4 is 0 Å². The van der Waals surface area contributed by atoms with E-state index in [0.717, 1.165) is 58.1 Å². The zero-order valence-electron chi connectivity index (χ0n) is 11.5. The summed E-state index contributed by atoms with van der Waals surface area (Å²) in [5.74, 6) is 1.13. The van der Waals surface area contributed by atoms with Crippen molar-refractivity contribution in [3.8, 4) is 0 Å². The Bertz CT molecular complexity index is 304. The lowest BCUT2D eigenvalue weighted by Crippen LogP contribution is -2.37. The van der Waals surface area contributed by atoms with E-state index < -0.39 is 0 Å². The summed E-state index contributed by atoms with van der Waals surface area (Å²) in [5, 5.41) is 0. The highest BCUT2D eigenvalue weighted by Gasteiger charge is 2.10. The molecule has 0 bridgehead atoms. The van der Waals surface area contributed by atoms with Gasteiger partial charge in [-0.1, -0.05) is 13.0 Å². The Morgan fingerprint density at radius 1 is 1.33 bits per heavy atom. The minimum Gasteiger partial charge on any atom is -0.494 e. The Morgan fingerprint density at radius 2 is 2.17 bits per heavy atom. The van der Waals surface area contributed by atoms with Gasteiger partial charge < -0.3 is 9.47 Å². The molecule has 0 radical (unpaired) electrons. The largest absolute Gasteiger partial charge is 0.494 e. The molecule has 0 spiro atoms. The number of rotatable bonds is 6. The van der Waals surface area contributed by atoms with E-state index >= 15 is 0 Å². The molecule has 2 rings (SSSR count). The van der Waals surface area contributed by atoms with E-state index in [1.54, 1.807) is 0 Å². The molecule has 1 aliphatic heterocycles. The van der Waals surface area contributed by atoms with Crippen molar-refractivity contribution < 1.29 is 9.47 Å². The van der Waals surface area contributed by atoms with Crippen LogP contribution in [0, 0.1) is 0 Å². The first kappa shape index (κ1) is 13.6. The van der Waals surface area contributed by atoms with Crippen molar-refractivity contribution in [1.29, 1.82) is 0 Å². The third-order valence-corrected chi connectivity index (χ3v) is 3.64. The van der Waals surface area contributed by atoms with Gasteiger partial charge in [0.1, 0.15) is 5.76 Å². The van der Waals surface area contributed by atoms with Crippen molar-refractivity contribution in [3.05, 3.63) is 23.5 Å². The molecule has 0 unspecified atom stereocenters. The number of allylic oxidation sites excluding steroid dienone is 3. The van der Waals surface area contributed by atoms with Crippen LogP contribution in [0.2, 0.25) is 0 Å². The van der Waals surface area contributed by atoms with Gasteiger partial charge in [-0.2, -0.15) is 0 Å². The minimum atomic E-state index is 0.834. The van der Waals surface area contributed by atoms with Crippen molar-refractivity contribution in [1.82, 2.24) is 4.90 Å². The monoisotopic (exact) mass is 251 g/mol. The second-order valence-corrected chi connectivity index (χ2v) is 4.92. The van der Waals surface area contributed by atoms with Crippen molar-refractivity contribution in [2.75, 3.05) is 39.5 Å². The predicted octanol–water partition coefficient (Wildman–Crippen LogP) is 2.74. The molecule has 1 fully saturated rings. The van der Waals surface area contributed by atoms with Gasteiger partial charge in [-0.05, 0) is 37.3 Å². The van der Waals surface area contributed by atoms with E-state index in [1.165, 1.54) is 18.4 Å². The quantitative estimate of drug-likeness (QED) is 0.678. The second kappa shape index (κ2) is 7.59. The van der Waals surface area contributed by atoms with Gasteiger partial charge in [0.25, 0.3) is 0 Å². The number of hydrogen-bond donors (Lipinski definition) is 0. The summed E-state index contributed by atoms with van der Waals surface area (Å²) < 4.78 is 11.3. The maximum atomic E-state index is 5.91. The Balaban J connectivity index is 1.65. The van der Waals surface area contributed by atoms with Crippen LogP contribution in [0.25, 0.3) is 0 Å². The number of morpholine rings is 1. The lowest BCUT2D eigenvalue weighted by Gasteiger charge is -2.26. The van der Waals surface area contributed by atoms with Gasteiger partial charge in [-0.3, -0.25) is 4.90 Å². The third kappa shape index (κ3) is 4.14. The molecule has 102 valence electrons. The van der Waals surface area contributed by atoms with E-state index in [2.05, 4.69) is 24.0 Å². The molecule has 1 heterocycles. The maximum absolute atomic E-state index is 5.91. The maximum Gasteiger partial charge on any atom is 0.118 e. The van der Waals surface area contributed by atoms with Gasteiger partial charge in [0, 0.05) is 19.6 Å². The van der Waals surface area contributed by atoms with Gasteiger partial charge in [0.2, 0.25) is 0 Å². The summed E-state index contributed by atoms with van der Waals surface area (Å²) in [6.07, 6.45) is 8.93. The number of hydrogen-bond acceptors (Lipinski definition) is 3. The Hall–Kier alpha value is -0.800. The average Bonchev–Trinajstić information content (AvgIpc) is 2.45. The van der Waals surface area contributed by atoms with E-state index in [-0.39, 0.29) is 0 Å². The molecule has 0 aromatic rings. The molecule has 3 heteroatoms. The molecule has 0 saturated carbocycles. The van der Waals surface area contributed by atoms with Crippen LogP contribution in [0.15, 0.2) is 23.5 Å². The molecular weight excluding hydrogens is 226 g/mol. The van der Waals surface area contributed by atoms with Crippen molar-refractivity contribution in [3.63, 3.8) is 0 Å². The van der Waals surface area contributed by atoms with E-state index in [9.17, 15) is 0 Å². The molecule has 18 heavy (non-hydrogen) atoms. The Labute approximate surface area is 110 Å².